The fourth-order valence-corrected chi connectivity index (χ4v) is 3.58. The molecule has 0 bridgehead atoms. The summed E-state index contributed by atoms with van der Waals surface area (Å²) < 4.78 is 14.3. The molecule has 0 aliphatic rings. The SMILES string of the molecule is C=CC[C@@H](CC(C)(C)C)S(=O)c1nccn1C. The third-order valence-corrected chi connectivity index (χ3v) is 4.25. The lowest BCUT2D eigenvalue weighted by Gasteiger charge is -2.24. The van der Waals surface area contributed by atoms with E-state index in [0.29, 0.717) is 5.16 Å². The number of rotatable bonds is 5. The molecular weight excluding hydrogens is 232 g/mol. The Morgan fingerprint density at radius 3 is 2.65 bits per heavy atom. The molecule has 17 heavy (non-hydrogen) atoms. The molecule has 96 valence electrons. The summed E-state index contributed by atoms with van der Waals surface area (Å²) in [6.45, 7) is 10.3. The fourth-order valence-electron chi connectivity index (χ4n) is 1.81. The van der Waals surface area contributed by atoms with Gasteiger partial charge in [0.2, 0.25) is 0 Å². The predicted octanol–water partition coefficient (Wildman–Crippen LogP) is 2.91. The molecule has 2 atom stereocenters. The Bertz CT molecular complexity index is 404. The van der Waals surface area contributed by atoms with Crippen molar-refractivity contribution in [2.75, 3.05) is 0 Å². The topological polar surface area (TPSA) is 34.9 Å². The van der Waals surface area contributed by atoms with Gasteiger partial charge in [-0.3, -0.25) is 4.21 Å². The maximum atomic E-state index is 12.5. The molecule has 0 spiro atoms. The van der Waals surface area contributed by atoms with Gasteiger partial charge in [-0.25, -0.2) is 4.98 Å². The minimum atomic E-state index is -1.07. The first-order valence-corrected chi connectivity index (χ1v) is 7.05. The predicted molar refractivity (Wildman–Crippen MR) is 72.3 cm³/mol. The van der Waals surface area contributed by atoms with E-state index in [1.807, 2.05) is 23.9 Å². The Morgan fingerprint density at radius 1 is 1.59 bits per heavy atom. The van der Waals surface area contributed by atoms with Gasteiger partial charge < -0.3 is 4.57 Å². The van der Waals surface area contributed by atoms with Crippen LogP contribution in [0.4, 0.5) is 0 Å². The Balaban J connectivity index is 2.88. The first kappa shape index (κ1) is 14.2. The molecule has 0 radical (unpaired) electrons. The standard InChI is InChI=1S/C13H22N2OS/c1-6-7-11(10-13(2,3)4)17(16)12-14-8-9-15(12)5/h6,8-9,11H,1,7,10H2,2-5H3/t11-,17?/m0/s1. The van der Waals surface area contributed by atoms with Gasteiger partial charge in [-0.1, -0.05) is 26.8 Å². The average molecular weight is 254 g/mol. The summed E-state index contributed by atoms with van der Waals surface area (Å²) in [5, 5.41) is 0.745. The molecule has 1 unspecified atom stereocenters. The molecule has 1 rings (SSSR count). The van der Waals surface area contributed by atoms with Gasteiger partial charge in [-0.2, -0.15) is 0 Å². The molecule has 1 heterocycles. The third-order valence-electron chi connectivity index (χ3n) is 2.53. The summed E-state index contributed by atoms with van der Waals surface area (Å²) in [6, 6.07) is 0. The number of hydrogen-bond acceptors (Lipinski definition) is 2. The lowest BCUT2D eigenvalue weighted by molar-refractivity contribution is 0.369. The van der Waals surface area contributed by atoms with Gasteiger partial charge in [0.15, 0.2) is 5.16 Å². The van der Waals surface area contributed by atoms with Crippen molar-refractivity contribution in [3.63, 3.8) is 0 Å². The van der Waals surface area contributed by atoms with Crippen LogP contribution >= 0.6 is 0 Å². The van der Waals surface area contributed by atoms with E-state index in [-0.39, 0.29) is 10.7 Å². The molecule has 0 saturated heterocycles. The van der Waals surface area contributed by atoms with Gasteiger partial charge in [-0.15, -0.1) is 6.58 Å². The first-order chi connectivity index (χ1) is 7.85. The molecule has 1 aromatic heterocycles. The zero-order valence-electron chi connectivity index (χ0n) is 11.1. The van der Waals surface area contributed by atoms with Crippen molar-refractivity contribution in [1.82, 2.24) is 9.55 Å². The van der Waals surface area contributed by atoms with Crippen LogP contribution in [0.1, 0.15) is 33.6 Å². The summed E-state index contributed by atoms with van der Waals surface area (Å²) in [5.74, 6) is 0. The maximum absolute atomic E-state index is 12.5. The lowest BCUT2D eigenvalue weighted by Crippen LogP contribution is -2.23. The second kappa shape index (κ2) is 5.63. The number of nitrogens with zero attached hydrogens (tertiary/aromatic N) is 2. The number of imidazole rings is 1. The average Bonchev–Trinajstić information content (AvgIpc) is 2.61. The molecule has 0 aliphatic carbocycles. The van der Waals surface area contributed by atoms with Crippen molar-refractivity contribution in [1.29, 1.82) is 0 Å². The van der Waals surface area contributed by atoms with Gasteiger partial charge in [-0.05, 0) is 18.3 Å². The van der Waals surface area contributed by atoms with E-state index in [9.17, 15) is 4.21 Å². The van der Waals surface area contributed by atoms with Crippen LogP contribution in [-0.4, -0.2) is 19.0 Å². The number of aromatic nitrogens is 2. The first-order valence-electron chi connectivity index (χ1n) is 5.84. The van der Waals surface area contributed by atoms with E-state index in [1.54, 1.807) is 6.20 Å². The van der Waals surface area contributed by atoms with E-state index in [0.717, 1.165) is 12.8 Å². The Kier molecular flexibility index (Phi) is 4.69. The highest BCUT2D eigenvalue weighted by Gasteiger charge is 2.25. The Hall–Kier alpha value is -0.900. The maximum Gasteiger partial charge on any atom is 0.199 e. The highest BCUT2D eigenvalue weighted by Crippen LogP contribution is 2.27. The number of aryl methyl sites for hydroxylation is 1. The molecule has 0 amide bonds. The minimum absolute atomic E-state index is 0.0913. The van der Waals surface area contributed by atoms with Crippen molar-refractivity contribution < 1.29 is 4.21 Å². The highest BCUT2D eigenvalue weighted by molar-refractivity contribution is 7.85. The zero-order valence-corrected chi connectivity index (χ0v) is 12.0. The van der Waals surface area contributed by atoms with E-state index in [4.69, 9.17) is 0 Å². The smallest absolute Gasteiger partial charge is 0.199 e. The normalized spacial score (nSPS) is 15.5. The second-order valence-electron chi connectivity index (χ2n) is 5.53. The van der Waals surface area contributed by atoms with Crippen LogP contribution in [0, 0.1) is 5.41 Å². The molecular formula is C13H22N2OS. The second-order valence-corrected chi connectivity index (χ2v) is 7.16. The molecule has 0 fully saturated rings. The Labute approximate surface area is 106 Å². The lowest BCUT2D eigenvalue weighted by atomic mass is 9.89. The monoisotopic (exact) mass is 254 g/mol. The fraction of sp³-hybridized carbons (Fsp3) is 0.615. The van der Waals surface area contributed by atoms with E-state index in [2.05, 4.69) is 32.3 Å². The summed E-state index contributed by atoms with van der Waals surface area (Å²) in [6.07, 6.45) is 7.02. The van der Waals surface area contributed by atoms with Crippen LogP contribution < -0.4 is 0 Å². The number of hydrogen-bond donors (Lipinski definition) is 0. The summed E-state index contributed by atoms with van der Waals surface area (Å²) in [7, 11) is 0.810. The molecule has 3 nitrogen and oxygen atoms in total. The van der Waals surface area contributed by atoms with E-state index in [1.165, 1.54) is 0 Å². The van der Waals surface area contributed by atoms with Crippen molar-refractivity contribution in [3.05, 3.63) is 25.0 Å². The van der Waals surface area contributed by atoms with Gasteiger partial charge in [0, 0.05) is 24.7 Å². The van der Waals surface area contributed by atoms with Crippen molar-refractivity contribution in [3.8, 4) is 0 Å². The van der Waals surface area contributed by atoms with Crippen molar-refractivity contribution in [2.45, 2.75) is 44.0 Å². The van der Waals surface area contributed by atoms with Crippen LogP contribution in [0.25, 0.3) is 0 Å². The van der Waals surface area contributed by atoms with Crippen molar-refractivity contribution >= 4 is 10.8 Å². The summed E-state index contributed by atoms with van der Waals surface area (Å²) in [4.78, 5) is 4.18. The minimum Gasteiger partial charge on any atom is -0.327 e. The molecule has 0 aromatic carbocycles. The van der Waals surface area contributed by atoms with E-state index < -0.39 is 10.8 Å². The Morgan fingerprint density at radius 2 is 2.24 bits per heavy atom. The molecule has 0 aliphatic heterocycles. The molecule has 1 aromatic rings. The van der Waals surface area contributed by atoms with Crippen LogP contribution in [0.15, 0.2) is 30.2 Å². The molecule has 4 heteroatoms. The van der Waals surface area contributed by atoms with Crippen LogP contribution in [0.5, 0.6) is 0 Å². The quantitative estimate of drug-likeness (QED) is 0.757. The highest BCUT2D eigenvalue weighted by atomic mass is 32.2. The largest absolute Gasteiger partial charge is 0.327 e. The summed E-state index contributed by atoms with van der Waals surface area (Å²) >= 11 is 0. The molecule has 0 N–H and O–H groups in total. The van der Waals surface area contributed by atoms with Gasteiger partial charge in [0.1, 0.15) is 0 Å². The van der Waals surface area contributed by atoms with Gasteiger partial charge in [0.05, 0.1) is 10.8 Å². The zero-order chi connectivity index (χ0) is 13.1. The van der Waals surface area contributed by atoms with Gasteiger partial charge in [0.25, 0.3) is 0 Å². The number of allylic oxidation sites excluding steroid dienone is 1. The van der Waals surface area contributed by atoms with Crippen LogP contribution in [0.3, 0.4) is 0 Å². The van der Waals surface area contributed by atoms with Gasteiger partial charge >= 0.3 is 0 Å². The third kappa shape index (κ3) is 4.11. The van der Waals surface area contributed by atoms with E-state index >= 15 is 0 Å². The molecule has 0 saturated carbocycles. The summed E-state index contributed by atoms with van der Waals surface area (Å²) in [5.41, 5.74) is 0.161. The van der Waals surface area contributed by atoms with Crippen LogP contribution in [-0.2, 0) is 17.8 Å². The van der Waals surface area contributed by atoms with Crippen LogP contribution in [0.2, 0.25) is 0 Å². The van der Waals surface area contributed by atoms with Crippen molar-refractivity contribution in [2.24, 2.45) is 12.5 Å².